The summed E-state index contributed by atoms with van der Waals surface area (Å²) in [5, 5.41) is 6.27. The van der Waals surface area contributed by atoms with Crippen LogP contribution in [0, 0.1) is 12.7 Å². The van der Waals surface area contributed by atoms with Crippen molar-refractivity contribution in [3.05, 3.63) is 65.5 Å². The predicted octanol–water partition coefficient (Wildman–Crippen LogP) is 3.51. The van der Waals surface area contributed by atoms with Gasteiger partial charge in [0.1, 0.15) is 5.82 Å². The molecule has 2 aromatic carbocycles. The van der Waals surface area contributed by atoms with Gasteiger partial charge in [-0.3, -0.25) is 4.79 Å². The van der Waals surface area contributed by atoms with Crippen molar-refractivity contribution in [1.82, 2.24) is 0 Å². The molecule has 5 heteroatoms. The molecule has 0 aliphatic heterocycles. The molecule has 0 aromatic heterocycles. The molecule has 0 fully saturated rings. The van der Waals surface area contributed by atoms with E-state index in [0.717, 1.165) is 11.1 Å². The summed E-state index contributed by atoms with van der Waals surface area (Å²) in [6, 6.07) is 13.6. The van der Waals surface area contributed by atoms with Crippen LogP contribution >= 0.6 is 0 Å². The van der Waals surface area contributed by atoms with E-state index in [9.17, 15) is 9.18 Å². The molecule has 0 spiro atoms. The van der Waals surface area contributed by atoms with Crippen LogP contribution in [0.1, 0.15) is 18.1 Å². The van der Waals surface area contributed by atoms with Gasteiger partial charge in [0.2, 0.25) is 6.10 Å². The minimum atomic E-state index is -0.833. The number of hydrogen-bond acceptors (Lipinski definition) is 3. The molecule has 2 rings (SSSR count). The maximum atomic E-state index is 13.4. The smallest absolute Gasteiger partial charge is 0.268 e. The van der Waals surface area contributed by atoms with Crippen LogP contribution < -0.4 is 5.32 Å². The molecule has 0 saturated heterocycles. The van der Waals surface area contributed by atoms with E-state index in [1.807, 2.05) is 31.2 Å². The fourth-order valence-electron chi connectivity index (χ4n) is 1.75. The van der Waals surface area contributed by atoms with Crippen LogP contribution in [0.15, 0.2) is 53.7 Å². The third kappa shape index (κ3) is 4.15. The van der Waals surface area contributed by atoms with Gasteiger partial charge in [0, 0.05) is 0 Å². The normalized spacial score (nSPS) is 12.1. The lowest BCUT2D eigenvalue weighted by Crippen LogP contribution is -2.26. The number of carbonyl (C=O) groups excluding carboxylic acids is 1. The summed E-state index contributed by atoms with van der Waals surface area (Å²) in [4.78, 5) is 17.0. The summed E-state index contributed by atoms with van der Waals surface area (Å²) in [7, 11) is 0. The van der Waals surface area contributed by atoms with Gasteiger partial charge in [0.15, 0.2) is 0 Å². The molecule has 22 heavy (non-hydrogen) atoms. The van der Waals surface area contributed by atoms with Crippen LogP contribution in [0.3, 0.4) is 0 Å². The summed E-state index contributed by atoms with van der Waals surface area (Å²) >= 11 is 0. The molecular formula is C17H17FN2O2. The van der Waals surface area contributed by atoms with Gasteiger partial charge in [0.25, 0.3) is 5.91 Å². The third-order valence-electron chi connectivity index (χ3n) is 3.10. The van der Waals surface area contributed by atoms with Crippen molar-refractivity contribution >= 4 is 17.8 Å². The Hall–Kier alpha value is -2.69. The van der Waals surface area contributed by atoms with Gasteiger partial charge in [0.05, 0.1) is 11.9 Å². The number of nitrogens with zero attached hydrogens (tertiary/aromatic N) is 1. The average molecular weight is 300 g/mol. The lowest BCUT2D eigenvalue weighted by atomic mass is 10.1. The van der Waals surface area contributed by atoms with Gasteiger partial charge in [-0.15, -0.1) is 0 Å². The summed E-state index contributed by atoms with van der Waals surface area (Å²) in [5.41, 5.74) is 2.08. The van der Waals surface area contributed by atoms with Crippen molar-refractivity contribution in [3.63, 3.8) is 0 Å². The molecule has 0 radical (unpaired) electrons. The molecule has 0 bridgehead atoms. The van der Waals surface area contributed by atoms with E-state index < -0.39 is 17.8 Å². The number of oxime groups is 1. The van der Waals surface area contributed by atoms with Crippen LogP contribution in [0.5, 0.6) is 0 Å². The maximum Gasteiger partial charge on any atom is 0.268 e. The molecule has 0 aliphatic rings. The Labute approximate surface area is 128 Å². The van der Waals surface area contributed by atoms with E-state index in [1.54, 1.807) is 25.3 Å². The molecule has 1 unspecified atom stereocenters. The van der Waals surface area contributed by atoms with Gasteiger partial charge in [-0.1, -0.05) is 41.6 Å². The van der Waals surface area contributed by atoms with Gasteiger partial charge in [-0.25, -0.2) is 4.39 Å². The molecule has 114 valence electrons. The second-order valence-electron chi connectivity index (χ2n) is 4.81. The lowest BCUT2D eigenvalue weighted by Gasteiger charge is -2.11. The first-order valence-electron chi connectivity index (χ1n) is 6.88. The number of hydrogen-bond donors (Lipinski definition) is 1. The van der Waals surface area contributed by atoms with Gasteiger partial charge >= 0.3 is 0 Å². The second-order valence-corrected chi connectivity index (χ2v) is 4.81. The number of anilines is 1. The van der Waals surface area contributed by atoms with Crippen molar-refractivity contribution in [3.8, 4) is 0 Å². The molecule has 4 nitrogen and oxygen atoms in total. The zero-order valence-electron chi connectivity index (χ0n) is 12.4. The van der Waals surface area contributed by atoms with Gasteiger partial charge in [-0.2, -0.15) is 0 Å². The topological polar surface area (TPSA) is 50.7 Å². The third-order valence-corrected chi connectivity index (χ3v) is 3.10. The largest absolute Gasteiger partial charge is 0.383 e. The standard InChI is InChI=1S/C17H17FN2O2/c1-12-7-3-4-8-14(12)11-19-22-13(2)17(21)20-16-10-6-5-9-15(16)18/h3-11,13H,1-2H3,(H,20,21)/b19-11+. The summed E-state index contributed by atoms with van der Waals surface area (Å²) in [6.45, 7) is 3.50. The van der Waals surface area contributed by atoms with Crippen LogP contribution in [0.4, 0.5) is 10.1 Å². The molecule has 0 aliphatic carbocycles. The van der Waals surface area contributed by atoms with Gasteiger partial charge in [-0.05, 0) is 37.1 Å². The highest BCUT2D eigenvalue weighted by atomic mass is 19.1. The monoisotopic (exact) mass is 300 g/mol. The van der Waals surface area contributed by atoms with Crippen molar-refractivity contribution in [1.29, 1.82) is 0 Å². The van der Waals surface area contributed by atoms with Crippen LogP contribution in [-0.4, -0.2) is 18.2 Å². The van der Waals surface area contributed by atoms with E-state index in [-0.39, 0.29) is 5.69 Å². The number of aryl methyl sites for hydroxylation is 1. The molecular weight excluding hydrogens is 283 g/mol. The van der Waals surface area contributed by atoms with E-state index in [0.29, 0.717) is 0 Å². The van der Waals surface area contributed by atoms with E-state index in [1.165, 1.54) is 12.1 Å². The maximum absolute atomic E-state index is 13.4. The number of amides is 1. The fraction of sp³-hybridized carbons (Fsp3) is 0.176. The summed E-state index contributed by atoms with van der Waals surface area (Å²) in [5.74, 6) is -0.960. The second kappa shape index (κ2) is 7.36. The zero-order valence-corrected chi connectivity index (χ0v) is 12.4. The predicted molar refractivity (Wildman–Crippen MR) is 84.3 cm³/mol. The first-order valence-corrected chi connectivity index (χ1v) is 6.88. The van der Waals surface area contributed by atoms with Crippen LogP contribution in [0.2, 0.25) is 0 Å². The molecule has 2 aromatic rings. The highest BCUT2D eigenvalue weighted by Crippen LogP contribution is 2.13. The quantitative estimate of drug-likeness (QED) is 0.678. The minimum absolute atomic E-state index is 0.117. The zero-order chi connectivity index (χ0) is 15.9. The Morgan fingerprint density at radius 1 is 1.23 bits per heavy atom. The number of halogens is 1. The lowest BCUT2D eigenvalue weighted by molar-refractivity contribution is -0.126. The summed E-state index contributed by atoms with van der Waals surface area (Å²) < 4.78 is 13.4. The molecule has 1 atom stereocenters. The van der Waals surface area contributed by atoms with Crippen LogP contribution in [-0.2, 0) is 9.63 Å². The molecule has 0 heterocycles. The van der Waals surface area contributed by atoms with E-state index in [4.69, 9.17) is 4.84 Å². The average Bonchev–Trinajstić information content (AvgIpc) is 2.51. The van der Waals surface area contributed by atoms with Crippen molar-refractivity contribution in [2.45, 2.75) is 20.0 Å². The number of nitrogens with one attached hydrogen (secondary N) is 1. The van der Waals surface area contributed by atoms with Crippen molar-refractivity contribution in [2.75, 3.05) is 5.32 Å². The molecule has 0 saturated carbocycles. The van der Waals surface area contributed by atoms with Gasteiger partial charge < -0.3 is 10.2 Å². The van der Waals surface area contributed by atoms with Crippen molar-refractivity contribution in [2.24, 2.45) is 5.16 Å². The Balaban J connectivity index is 1.92. The van der Waals surface area contributed by atoms with E-state index >= 15 is 0 Å². The first kappa shape index (κ1) is 15.7. The fourth-order valence-corrected chi connectivity index (χ4v) is 1.75. The Morgan fingerprint density at radius 2 is 1.91 bits per heavy atom. The Kier molecular flexibility index (Phi) is 5.25. The number of carbonyl (C=O) groups is 1. The highest BCUT2D eigenvalue weighted by molar-refractivity contribution is 5.94. The Morgan fingerprint density at radius 3 is 2.64 bits per heavy atom. The minimum Gasteiger partial charge on any atom is -0.383 e. The summed E-state index contributed by atoms with van der Waals surface area (Å²) in [6.07, 6.45) is 0.710. The molecule has 1 N–H and O–H groups in total. The van der Waals surface area contributed by atoms with Crippen LogP contribution in [0.25, 0.3) is 0 Å². The number of rotatable bonds is 5. The number of para-hydroxylation sites is 1. The number of benzene rings is 2. The SMILES string of the molecule is Cc1ccccc1/C=N/OC(C)C(=O)Nc1ccccc1F. The highest BCUT2D eigenvalue weighted by Gasteiger charge is 2.15. The van der Waals surface area contributed by atoms with E-state index in [2.05, 4.69) is 10.5 Å². The molecule has 1 amide bonds. The van der Waals surface area contributed by atoms with Crippen molar-refractivity contribution < 1.29 is 14.0 Å². The first-order chi connectivity index (χ1) is 10.6. The Bertz CT molecular complexity index is 686.